The summed E-state index contributed by atoms with van der Waals surface area (Å²) in [7, 11) is 0. The first-order valence-corrected chi connectivity index (χ1v) is 15.8. The Bertz CT molecular complexity index is 366. The van der Waals surface area contributed by atoms with E-state index in [1.54, 1.807) is 0 Å². The third-order valence-corrected chi connectivity index (χ3v) is 8.74. The zero-order valence-corrected chi connectivity index (χ0v) is 13.1. The van der Waals surface area contributed by atoms with Crippen LogP contribution in [-0.4, -0.2) is 24.5 Å². The zero-order valence-electron chi connectivity index (χ0n) is 9.51. The second kappa shape index (κ2) is 4.17. The van der Waals surface area contributed by atoms with Crippen LogP contribution in [0.25, 0.3) is 0 Å². The molecule has 0 spiro atoms. The van der Waals surface area contributed by atoms with Crippen molar-refractivity contribution in [3.05, 3.63) is 23.2 Å². The van der Waals surface area contributed by atoms with Gasteiger partial charge in [0, 0.05) is 0 Å². The summed E-state index contributed by atoms with van der Waals surface area (Å²) in [6.07, 6.45) is 2.78. The minimum absolute atomic E-state index is 0.423. The molecule has 0 radical (unpaired) electrons. The van der Waals surface area contributed by atoms with E-state index in [9.17, 15) is 0 Å². The van der Waals surface area contributed by atoms with Gasteiger partial charge in [0.15, 0.2) is 0 Å². The molecule has 0 bridgehead atoms. The Kier molecular flexibility index (Phi) is 3.22. The molecule has 1 aliphatic carbocycles. The fourth-order valence-electron chi connectivity index (χ4n) is 1.43. The molecule has 1 saturated carbocycles. The quantitative estimate of drug-likeness (QED) is 0.771. The Morgan fingerprint density at radius 1 is 1.27 bits per heavy atom. The van der Waals surface area contributed by atoms with Crippen LogP contribution in [0.3, 0.4) is 0 Å². The molecule has 2 rings (SSSR count). The molecular weight excluding hydrogens is 314 g/mol. The molecule has 0 aromatic heterocycles. The standard InChI is InChI=1S/C9H8ClO.3CH3.Sn/c10-8-3-1-2-4-9(8)11-7-5-6-7;;;;/h2-4,7H,5-6H2;3*1H3;. The molecule has 15 heavy (non-hydrogen) atoms. The van der Waals surface area contributed by atoms with Crippen LogP contribution in [0.15, 0.2) is 18.2 Å². The minimum atomic E-state index is -1.96. The van der Waals surface area contributed by atoms with Crippen molar-refractivity contribution < 1.29 is 4.74 Å². The molecule has 1 nitrogen and oxygen atoms in total. The van der Waals surface area contributed by atoms with Gasteiger partial charge in [-0.2, -0.15) is 0 Å². The van der Waals surface area contributed by atoms with Crippen LogP contribution in [0.2, 0.25) is 19.8 Å². The molecular formula is C12H17ClOSn. The molecule has 0 unspecified atom stereocenters. The van der Waals surface area contributed by atoms with Crippen LogP contribution in [0.1, 0.15) is 12.8 Å². The van der Waals surface area contributed by atoms with Gasteiger partial charge in [0.25, 0.3) is 0 Å². The Labute approximate surface area is 101 Å². The van der Waals surface area contributed by atoms with Crippen LogP contribution in [0.4, 0.5) is 0 Å². The zero-order chi connectivity index (χ0) is 11.1. The van der Waals surface area contributed by atoms with E-state index in [1.807, 2.05) is 6.07 Å². The third-order valence-electron chi connectivity index (χ3n) is 2.62. The molecule has 1 aliphatic rings. The molecule has 0 heterocycles. The van der Waals surface area contributed by atoms with Gasteiger partial charge in [0.05, 0.1) is 0 Å². The summed E-state index contributed by atoms with van der Waals surface area (Å²) in [4.78, 5) is 7.17. The summed E-state index contributed by atoms with van der Waals surface area (Å²) < 4.78 is 7.17. The molecule has 1 fully saturated rings. The van der Waals surface area contributed by atoms with Crippen molar-refractivity contribution >= 4 is 33.6 Å². The number of benzene rings is 1. The molecule has 0 saturated heterocycles. The topological polar surface area (TPSA) is 9.23 Å². The SMILES string of the molecule is [CH3][Sn]([CH3])([CH3])[c]1ccc(OC2CC2)c(Cl)c1. The van der Waals surface area contributed by atoms with Gasteiger partial charge in [-0.15, -0.1) is 0 Å². The van der Waals surface area contributed by atoms with Crippen molar-refractivity contribution in [3.8, 4) is 5.75 Å². The van der Waals surface area contributed by atoms with Crippen molar-refractivity contribution in [1.29, 1.82) is 0 Å². The van der Waals surface area contributed by atoms with Crippen LogP contribution < -0.4 is 8.32 Å². The molecule has 0 aliphatic heterocycles. The predicted molar refractivity (Wildman–Crippen MR) is 68.1 cm³/mol. The van der Waals surface area contributed by atoms with Crippen molar-refractivity contribution in [3.63, 3.8) is 0 Å². The molecule has 3 heteroatoms. The van der Waals surface area contributed by atoms with Crippen LogP contribution >= 0.6 is 11.6 Å². The van der Waals surface area contributed by atoms with Crippen molar-refractivity contribution in [2.45, 2.75) is 33.8 Å². The maximum absolute atomic E-state index is 6.22. The van der Waals surface area contributed by atoms with E-state index in [-0.39, 0.29) is 0 Å². The summed E-state index contributed by atoms with van der Waals surface area (Å²) in [6.45, 7) is 0. The Morgan fingerprint density at radius 3 is 2.40 bits per heavy atom. The predicted octanol–water partition coefficient (Wildman–Crippen LogP) is 3.43. The van der Waals surface area contributed by atoms with Gasteiger partial charge in [0.2, 0.25) is 0 Å². The average Bonchev–Trinajstić information content (AvgIpc) is 2.90. The van der Waals surface area contributed by atoms with E-state index < -0.39 is 18.4 Å². The van der Waals surface area contributed by atoms with Gasteiger partial charge < -0.3 is 0 Å². The first kappa shape index (κ1) is 11.6. The Balaban J connectivity index is 2.21. The molecule has 0 atom stereocenters. The van der Waals surface area contributed by atoms with E-state index in [1.165, 1.54) is 16.4 Å². The normalized spacial score (nSPS) is 16.5. The second-order valence-corrected chi connectivity index (χ2v) is 20.1. The molecule has 0 amide bonds. The summed E-state index contributed by atoms with van der Waals surface area (Å²) in [5.74, 6) is 0.860. The van der Waals surface area contributed by atoms with E-state index >= 15 is 0 Å². The third kappa shape index (κ3) is 3.03. The van der Waals surface area contributed by atoms with Gasteiger partial charge in [-0.25, -0.2) is 0 Å². The first-order chi connectivity index (χ1) is 6.97. The Hall–Kier alpha value is 0.109. The molecule has 0 N–H and O–H groups in total. The van der Waals surface area contributed by atoms with Crippen molar-refractivity contribution in [1.82, 2.24) is 0 Å². The monoisotopic (exact) mass is 332 g/mol. The number of hydrogen-bond donors (Lipinski definition) is 0. The summed E-state index contributed by atoms with van der Waals surface area (Å²) in [5.41, 5.74) is 0. The number of rotatable bonds is 3. The average molecular weight is 331 g/mol. The number of halogens is 1. The summed E-state index contributed by atoms with van der Waals surface area (Å²) in [5, 5.41) is 0.783. The van der Waals surface area contributed by atoms with Crippen LogP contribution in [0, 0.1) is 0 Å². The summed E-state index contributed by atoms with van der Waals surface area (Å²) in [6, 6.07) is 6.34. The molecule has 1 aromatic rings. The van der Waals surface area contributed by atoms with Gasteiger partial charge >= 0.3 is 101 Å². The van der Waals surface area contributed by atoms with E-state index in [0.29, 0.717) is 6.10 Å². The van der Waals surface area contributed by atoms with E-state index in [0.717, 1.165) is 10.8 Å². The van der Waals surface area contributed by atoms with Crippen LogP contribution in [0.5, 0.6) is 5.75 Å². The maximum atomic E-state index is 6.22. The molecule has 1 aromatic carbocycles. The van der Waals surface area contributed by atoms with Gasteiger partial charge in [-0.05, 0) is 0 Å². The number of ether oxygens (including phenoxy) is 1. The van der Waals surface area contributed by atoms with E-state index in [4.69, 9.17) is 16.3 Å². The molecule has 82 valence electrons. The first-order valence-electron chi connectivity index (χ1n) is 5.43. The second-order valence-electron chi connectivity index (χ2n) is 5.21. The van der Waals surface area contributed by atoms with Gasteiger partial charge in [-0.1, -0.05) is 0 Å². The Morgan fingerprint density at radius 2 is 1.93 bits per heavy atom. The van der Waals surface area contributed by atoms with Gasteiger partial charge in [0.1, 0.15) is 0 Å². The fourth-order valence-corrected chi connectivity index (χ4v) is 5.23. The summed E-state index contributed by atoms with van der Waals surface area (Å²) >= 11 is 4.25. The van der Waals surface area contributed by atoms with Crippen molar-refractivity contribution in [2.24, 2.45) is 0 Å². The van der Waals surface area contributed by atoms with E-state index in [2.05, 4.69) is 27.0 Å². The van der Waals surface area contributed by atoms with Crippen molar-refractivity contribution in [2.75, 3.05) is 0 Å². The van der Waals surface area contributed by atoms with Gasteiger partial charge in [-0.3, -0.25) is 0 Å². The van der Waals surface area contributed by atoms with Crippen LogP contribution in [-0.2, 0) is 0 Å². The fraction of sp³-hybridized carbons (Fsp3) is 0.500. The number of hydrogen-bond acceptors (Lipinski definition) is 1.